The molecule has 0 aromatic carbocycles. The third kappa shape index (κ3) is 4.06. The third-order valence-corrected chi connectivity index (χ3v) is 2.16. The van der Waals surface area contributed by atoms with E-state index in [2.05, 4.69) is 16.9 Å². The average molecular weight is 234 g/mol. The van der Waals surface area contributed by atoms with Gasteiger partial charge in [-0.2, -0.15) is 0 Å². The van der Waals surface area contributed by atoms with Gasteiger partial charge in [0.05, 0.1) is 0 Å². The van der Waals surface area contributed by atoms with Gasteiger partial charge in [-0.25, -0.2) is 4.79 Å². The Kier molecular flexibility index (Phi) is 4.87. The highest BCUT2D eigenvalue weighted by Crippen LogP contribution is 2.01. The largest absolute Gasteiger partial charge is 0.480 e. The van der Waals surface area contributed by atoms with Crippen molar-refractivity contribution in [3.05, 3.63) is 42.7 Å². The van der Waals surface area contributed by atoms with Crippen LogP contribution in [-0.4, -0.2) is 28.0 Å². The van der Waals surface area contributed by atoms with Crippen LogP contribution in [0.15, 0.2) is 37.1 Å². The molecule has 1 atom stereocenters. The third-order valence-electron chi connectivity index (χ3n) is 2.16. The van der Waals surface area contributed by atoms with E-state index in [1.807, 2.05) is 0 Å². The molecule has 0 aliphatic rings. The molecule has 1 rings (SSSR count). The lowest BCUT2D eigenvalue weighted by atomic mass is 10.1. The van der Waals surface area contributed by atoms with Crippen molar-refractivity contribution in [2.75, 3.05) is 0 Å². The molecule has 0 saturated heterocycles. The van der Waals surface area contributed by atoms with Crippen molar-refractivity contribution in [2.45, 2.75) is 18.9 Å². The molecule has 0 spiro atoms. The number of carbonyl (C=O) groups excluding carboxylic acids is 1. The topological polar surface area (TPSA) is 79.3 Å². The minimum Gasteiger partial charge on any atom is -0.480 e. The van der Waals surface area contributed by atoms with E-state index in [4.69, 9.17) is 5.11 Å². The highest BCUT2D eigenvalue weighted by molar-refractivity contribution is 5.94. The zero-order chi connectivity index (χ0) is 12.7. The van der Waals surface area contributed by atoms with Crippen molar-refractivity contribution in [1.82, 2.24) is 10.3 Å². The van der Waals surface area contributed by atoms with Crippen LogP contribution in [0, 0.1) is 0 Å². The SMILES string of the molecule is C=CCC[C@@H](NC(=O)c1ccccn1)C(=O)O. The van der Waals surface area contributed by atoms with Gasteiger partial charge in [0.25, 0.3) is 5.91 Å². The molecule has 0 radical (unpaired) electrons. The minimum absolute atomic E-state index is 0.206. The number of nitrogens with one attached hydrogen (secondary N) is 1. The molecule has 5 heteroatoms. The van der Waals surface area contributed by atoms with Gasteiger partial charge in [0, 0.05) is 6.20 Å². The van der Waals surface area contributed by atoms with E-state index in [9.17, 15) is 9.59 Å². The highest BCUT2D eigenvalue weighted by atomic mass is 16.4. The fraction of sp³-hybridized carbons (Fsp3) is 0.250. The molecule has 0 aliphatic carbocycles. The number of pyridine rings is 1. The molecule has 1 aromatic rings. The van der Waals surface area contributed by atoms with Gasteiger partial charge in [0.2, 0.25) is 0 Å². The van der Waals surface area contributed by atoms with Crippen molar-refractivity contribution in [2.24, 2.45) is 0 Å². The van der Waals surface area contributed by atoms with E-state index < -0.39 is 17.9 Å². The van der Waals surface area contributed by atoms with Crippen molar-refractivity contribution in [1.29, 1.82) is 0 Å². The Hall–Kier alpha value is -2.17. The Bertz CT molecular complexity index is 403. The first-order chi connectivity index (χ1) is 8.15. The second kappa shape index (κ2) is 6.42. The van der Waals surface area contributed by atoms with Gasteiger partial charge in [-0.3, -0.25) is 9.78 Å². The summed E-state index contributed by atoms with van der Waals surface area (Å²) in [5.74, 6) is -1.54. The van der Waals surface area contributed by atoms with Crippen LogP contribution in [0.4, 0.5) is 0 Å². The van der Waals surface area contributed by atoms with Crippen LogP contribution >= 0.6 is 0 Å². The summed E-state index contributed by atoms with van der Waals surface area (Å²) in [4.78, 5) is 26.4. The predicted octanol–water partition coefficient (Wildman–Crippen LogP) is 1.23. The second-order valence-electron chi connectivity index (χ2n) is 3.45. The molecule has 2 N–H and O–H groups in total. The molecule has 1 heterocycles. The number of allylic oxidation sites excluding steroid dienone is 1. The highest BCUT2D eigenvalue weighted by Gasteiger charge is 2.19. The number of carboxylic acid groups (broad SMARTS) is 1. The summed E-state index contributed by atoms with van der Waals surface area (Å²) in [6.07, 6.45) is 3.94. The molecular weight excluding hydrogens is 220 g/mol. The van der Waals surface area contributed by atoms with Crippen LogP contribution in [0.2, 0.25) is 0 Å². The molecule has 5 nitrogen and oxygen atoms in total. The van der Waals surface area contributed by atoms with E-state index in [0.29, 0.717) is 12.8 Å². The van der Waals surface area contributed by atoms with Crippen LogP contribution in [0.3, 0.4) is 0 Å². The number of amides is 1. The van der Waals surface area contributed by atoms with E-state index in [1.165, 1.54) is 12.3 Å². The summed E-state index contributed by atoms with van der Waals surface area (Å²) in [7, 11) is 0. The van der Waals surface area contributed by atoms with Gasteiger partial charge in [-0.1, -0.05) is 12.1 Å². The molecule has 0 fully saturated rings. The second-order valence-corrected chi connectivity index (χ2v) is 3.45. The van der Waals surface area contributed by atoms with E-state index >= 15 is 0 Å². The Morgan fingerprint density at radius 2 is 2.29 bits per heavy atom. The number of nitrogens with zero attached hydrogens (tertiary/aromatic N) is 1. The maximum atomic E-state index is 11.7. The molecule has 90 valence electrons. The van der Waals surface area contributed by atoms with E-state index in [0.717, 1.165) is 0 Å². The quantitative estimate of drug-likeness (QED) is 0.725. The number of hydrogen-bond acceptors (Lipinski definition) is 3. The number of aliphatic carboxylic acids is 1. The summed E-state index contributed by atoms with van der Waals surface area (Å²) >= 11 is 0. The lowest BCUT2D eigenvalue weighted by Gasteiger charge is -2.12. The molecule has 0 aliphatic heterocycles. The number of carboxylic acids is 1. The van der Waals surface area contributed by atoms with Crippen LogP contribution < -0.4 is 5.32 Å². The first-order valence-electron chi connectivity index (χ1n) is 5.20. The predicted molar refractivity (Wildman–Crippen MR) is 62.6 cm³/mol. The Morgan fingerprint density at radius 3 is 2.82 bits per heavy atom. The number of hydrogen-bond donors (Lipinski definition) is 2. The molecule has 0 bridgehead atoms. The smallest absolute Gasteiger partial charge is 0.326 e. The molecule has 1 aromatic heterocycles. The van der Waals surface area contributed by atoms with Gasteiger partial charge < -0.3 is 10.4 Å². The van der Waals surface area contributed by atoms with E-state index in [-0.39, 0.29) is 5.69 Å². The van der Waals surface area contributed by atoms with Crippen molar-refractivity contribution in [3.8, 4) is 0 Å². The average Bonchev–Trinajstić information content (AvgIpc) is 2.35. The maximum absolute atomic E-state index is 11.7. The lowest BCUT2D eigenvalue weighted by molar-refractivity contribution is -0.139. The monoisotopic (exact) mass is 234 g/mol. The normalized spacial score (nSPS) is 11.5. The van der Waals surface area contributed by atoms with Gasteiger partial charge in [-0.15, -0.1) is 6.58 Å². The van der Waals surface area contributed by atoms with Crippen molar-refractivity contribution < 1.29 is 14.7 Å². The Labute approximate surface area is 99.2 Å². The van der Waals surface area contributed by atoms with Crippen molar-refractivity contribution >= 4 is 11.9 Å². The van der Waals surface area contributed by atoms with Crippen LogP contribution in [0.1, 0.15) is 23.3 Å². The van der Waals surface area contributed by atoms with Crippen LogP contribution in [0.5, 0.6) is 0 Å². The zero-order valence-electron chi connectivity index (χ0n) is 9.30. The summed E-state index contributed by atoms with van der Waals surface area (Å²) in [6, 6.07) is 3.97. The minimum atomic E-state index is -1.06. The molecule has 0 saturated carbocycles. The summed E-state index contributed by atoms with van der Waals surface area (Å²) < 4.78 is 0. The van der Waals surface area contributed by atoms with Crippen molar-refractivity contribution in [3.63, 3.8) is 0 Å². The number of carbonyl (C=O) groups is 2. The van der Waals surface area contributed by atoms with Crippen LogP contribution in [0.25, 0.3) is 0 Å². The first-order valence-corrected chi connectivity index (χ1v) is 5.20. The number of rotatable bonds is 6. The van der Waals surface area contributed by atoms with Gasteiger partial charge in [-0.05, 0) is 25.0 Å². The number of aromatic nitrogens is 1. The fourth-order valence-electron chi connectivity index (χ4n) is 1.27. The van der Waals surface area contributed by atoms with Gasteiger partial charge in [0.15, 0.2) is 0 Å². The summed E-state index contributed by atoms with van der Waals surface area (Å²) in [5.41, 5.74) is 0.206. The Balaban J connectivity index is 2.64. The zero-order valence-corrected chi connectivity index (χ0v) is 9.30. The Morgan fingerprint density at radius 1 is 1.53 bits per heavy atom. The summed E-state index contributed by atoms with van der Waals surface area (Å²) in [6.45, 7) is 3.51. The lowest BCUT2D eigenvalue weighted by Crippen LogP contribution is -2.40. The summed E-state index contributed by atoms with van der Waals surface area (Å²) in [5, 5.41) is 11.3. The van der Waals surface area contributed by atoms with E-state index in [1.54, 1.807) is 18.2 Å². The molecule has 0 unspecified atom stereocenters. The molecule has 1 amide bonds. The van der Waals surface area contributed by atoms with Crippen LogP contribution in [-0.2, 0) is 4.79 Å². The first kappa shape index (κ1) is 12.9. The van der Waals surface area contributed by atoms with Gasteiger partial charge >= 0.3 is 5.97 Å². The maximum Gasteiger partial charge on any atom is 0.326 e. The molecular formula is C12H14N2O3. The standard InChI is InChI=1S/C12H14N2O3/c1-2-3-6-10(12(16)17)14-11(15)9-7-4-5-8-13-9/h2,4-5,7-8,10H,1,3,6H2,(H,14,15)(H,16,17)/t10-/m1/s1. The van der Waals surface area contributed by atoms with Gasteiger partial charge in [0.1, 0.15) is 11.7 Å². The fourth-order valence-corrected chi connectivity index (χ4v) is 1.27. The molecule has 17 heavy (non-hydrogen) atoms.